The van der Waals surface area contributed by atoms with E-state index in [0.717, 1.165) is 15.8 Å². The van der Waals surface area contributed by atoms with Gasteiger partial charge in [0.1, 0.15) is 11.5 Å². The third kappa shape index (κ3) is 3.01. The summed E-state index contributed by atoms with van der Waals surface area (Å²) in [5.74, 6) is 1.25. The Bertz CT molecular complexity index is 1280. The fourth-order valence-corrected chi connectivity index (χ4v) is 4.08. The van der Waals surface area contributed by atoms with Gasteiger partial charge in [-0.25, -0.2) is 4.79 Å². The molecule has 0 fully saturated rings. The third-order valence-electron chi connectivity index (χ3n) is 5.45. The molecule has 158 valence electrons. The predicted molar refractivity (Wildman–Crippen MR) is 114 cm³/mol. The minimum atomic E-state index is -0.550. The van der Waals surface area contributed by atoms with Crippen LogP contribution in [0.3, 0.4) is 0 Å². The van der Waals surface area contributed by atoms with Gasteiger partial charge in [0, 0.05) is 20.1 Å². The number of ketones is 1. The van der Waals surface area contributed by atoms with Gasteiger partial charge in [-0.2, -0.15) is 4.98 Å². The van der Waals surface area contributed by atoms with E-state index in [-0.39, 0.29) is 18.2 Å². The number of hydrogen-bond acceptors (Lipinski definition) is 6. The number of nitrogens with zero attached hydrogens (tertiary/aromatic N) is 5. The van der Waals surface area contributed by atoms with Crippen molar-refractivity contribution in [2.24, 2.45) is 13.0 Å². The highest BCUT2D eigenvalue weighted by Crippen LogP contribution is 2.38. The van der Waals surface area contributed by atoms with Crippen molar-refractivity contribution in [1.82, 2.24) is 18.7 Å². The van der Waals surface area contributed by atoms with Crippen LogP contribution in [0.1, 0.15) is 19.4 Å². The van der Waals surface area contributed by atoms with E-state index in [1.807, 2.05) is 34.6 Å². The van der Waals surface area contributed by atoms with Crippen molar-refractivity contribution in [2.75, 3.05) is 18.6 Å². The van der Waals surface area contributed by atoms with Crippen LogP contribution >= 0.6 is 0 Å². The first-order valence-electron chi connectivity index (χ1n) is 9.84. The molecule has 0 bridgehead atoms. The molecule has 3 heterocycles. The van der Waals surface area contributed by atoms with Gasteiger partial charge >= 0.3 is 5.69 Å². The van der Waals surface area contributed by atoms with Crippen LogP contribution in [-0.2, 0) is 24.9 Å². The first-order valence-corrected chi connectivity index (χ1v) is 9.84. The van der Waals surface area contributed by atoms with Crippen LogP contribution in [0.2, 0.25) is 0 Å². The van der Waals surface area contributed by atoms with Gasteiger partial charge in [-0.05, 0) is 37.5 Å². The number of aromatic nitrogens is 4. The molecular formula is C21H25N5O4. The number of aryl methyl sites for hydroxylation is 2. The predicted octanol–water partition coefficient (Wildman–Crippen LogP) is 1.59. The van der Waals surface area contributed by atoms with Crippen molar-refractivity contribution >= 4 is 28.6 Å². The van der Waals surface area contributed by atoms with E-state index in [1.165, 1.54) is 11.5 Å². The molecule has 1 aliphatic rings. The molecule has 4 rings (SSSR count). The largest absolute Gasteiger partial charge is 0.495 e. The normalized spacial score (nSPS) is 16.0. The minimum absolute atomic E-state index is 0.220. The number of fused-ring (bicyclic) bond motifs is 3. The molecule has 1 atom stereocenters. The molecule has 1 aromatic carbocycles. The molecule has 0 saturated heterocycles. The Morgan fingerprint density at radius 2 is 2.00 bits per heavy atom. The van der Waals surface area contributed by atoms with Gasteiger partial charge in [0.2, 0.25) is 5.95 Å². The van der Waals surface area contributed by atoms with Crippen molar-refractivity contribution in [1.29, 1.82) is 0 Å². The summed E-state index contributed by atoms with van der Waals surface area (Å²) in [5, 5.41) is 0. The Labute approximate surface area is 173 Å². The molecule has 0 unspecified atom stereocenters. The fraction of sp³-hybridized carbons (Fsp3) is 0.429. The molecular weight excluding hydrogens is 386 g/mol. The molecule has 3 aromatic rings. The topological polar surface area (TPSA) is 91.4 Å². The molecule has 0 spiro atoms. The average molecular weight is 411 g/mol. The van der Waals surface area contributed by atoms with Gasteiger partial charge in [0.05, 0.1) is 19.3 Å². The molecule has 2 aromatic heterocycles. The summed E-state index contributed by atoms with van der Waals surface area (Å²) in [6.07, 6.45) is 0. The number of imidazole rings is 1. The van der Waals surface area contributed by atoms with Crippen molar-refractivity contribution in [2.45, 2.75) is 33.9 Å². The molecule has 0 saturated carbocycles. The van der Waals surface area contributed by atoms with Crippen LogP contribution in [0.25, 0.3) is 11.2 Å². The summed E-state index contributed by atoms with van der Waals surface area (Å²) in [5.41, 5.74) is 1.53. The lowest BCUT2D eigenvalue weighted by atomic mass is 10.1. The summed E-state index contributed by atoms with van der Waals surface area (Å²) in [4.78, 5) is 44.2. The maximum absolute atomic E-state index is 13.2. The quantitative estimate of drug-likeness (QED) is 0.648. The zero-order valence-electron chi connectivity index (χ0n) is 17.8. The first kappa shape index (κ1) is 19.9. The Balaban J connectivity index is 2.03. The number of carbonyl (C=O) groups is 1. The van der Waals surface area contributed by atoms with Gasteiger partial charge in [-0.3, -0.25) is 18.7 Å². The van der Waals surface area contributed by atoms with Crippen LogP contribution in [-0.4, -0.2) is 38.1 Å². The summed E-state index contributed by atoms with van der Waals surface area (Å²) in [6.45, 7) is 6.48. The molecule has 30 heavy (non-hydrogen) atoms. The maximum Gasteiger partial charge on any atom is 0.332 e. The number of ether oxygens (including phenoxy) is 1. The second-order valence-corrected chi connectivity index (χ2v) is 8.02. The highest BCUT2D eigenvalue weighted by Gasteiger charge is 2.31. The standard InChI is InChI=1S/C21H25N5O4/c1-12-6-7-16(30-5)15(8-12)24-9-13(2)10-25-17-18(22-20(24)25)23(4)21(29)26(19(17)28)11-14(3)27/h6-8,13H,9-11H2,1-5H3/t13-/m1/s1. The zero-order chi connectivity index (χ0) is 21.7. The number of benzene rings is 1. The Hall–Kier alpha value is -3.36. The molecule has 0 amide bonds. The number of rotatable bonds is 4. The van der Waals surface area contributed by atoms with Gasteiger partial charge < -0.3 is 14.2 Å². The minimum Gasteiger partial charge on any atom is -0.495 e. The Morgan fingerprint density at radius 1 is 1.27 bits per heavy atom. The molecule has 0 aliphatic carbocycles. The van der Waals surface area contributed by atoms with E-state index in [0.29, 0.717) is 36.0 Å². The lowest BCUT2D eigenvalue weighted by Crippen LogP contribution is -2.41. The van der Waals surface area contributed by atoms with E-state index < -0.39 is 11.2 Å². The smallest absolute Gasteiger partial charge is 0.332 e. The molecule has 0 N–H and O–H groups in total. The second kappa shape index (κ2) is 7.16. The van der Waals surface area contributed by atoms with Gasteiger partial charge in [0.15, 0.2) is 11.2 Å². The van der Waals surface area contributed by atoms with Crippen molar-refractivity contribution < 1.29 is 9.53 Å². The fourth-order valence-electron chi connectivity index (χ4n) is 4.08. The monoisotopic (exact) mass is 411 g/mol. The average Bonchev–Trinajstić information content (AvgIpc) is 3.08. The van der Waals surface area contributed by atoms with Crippen LogP contribution in [0.4, 0.5) is 11.6 Å². The number of Topliss-reactive ketones (excluding diaryl/α,β-unsaturated/α-hetero) is 1. The van der Waals surface area contributed by atoms with Crippen LogP contribution in [0, 0.1) is 12.8 Å². The number of methoxy groups -OCH3 is 1. The van der Waals surface area contributed by atoms with Crippen molar-refractivity contribution in [3.63, 3.8) is 0 Å². The number of hydrogen-bond donors (Lipinski definition) is 0. The maximum atomic E-state index is 13.2. The SMILES string of the molecule is COc1ccc(C)cc1N1C[C@@H](C)Cn2c1nc1c2c(=O)n(CC(C)=O)c(=O)n1C. The third-order valence-corrected chi connectivity index (χ3v) is 5.45. The summed E-state index contributed by atoms with van der Waals surface area (Å²) < 4.78 is 9.74. The van der Waals surface area contributed by atoms with E-state index in [9.17, 15) is 14.4 Å². The van der Waals surface area contributed by atoms with Crippen LogP contribution in [0.5, 0.6) is 5.75 Å². The van der Waals surface area contributed by atoms with E-state index >= 15 is 0 Å². The molecule has 1 aliphatic heterocycles. The zero-order valence-corrected chi connectivity index (χ0v) is 17.8. The summed E-state index contributed by atoms with van der Waals surface area (Å²) >= 11 is 0. The number of anilines is 2. The highest BCUT2D eigenvalue weighted by atomic mass is 16.5. The summed E-state index contributed by atoms with van der Waals surface area (Å²) in [7, 11) is 3.19. The van der Waals surface area contributed by atoms with Crippen molar-refractivity contribution in [3.8, 4) is 5.75 Å². The molecule has 0 radical (unpaired) electrons. The van der Waals surface area contributed by atoms with E-state index in [4.69, 9.17) is 9.72 Å². The molecule has 9 heteroatoms. The highest BCUT2D eigenvalue weighted by molar-refractivity contribution is 5.79. The summed E-state index contributed by atoms with van der Waals surface area (Å²) in [6, 6.07) is 5.91. The van der Waals surface area contributed by atoms with Gasteiger partial charge in [-0.1, -0.05) is 13.0 Å². The van der Waals surface area contributed by atoms with E-state index in [1.54, 1.807) is 14.2 Å². The lowest BCUT2D eigenvalue weighted by Gasteiger charge is -2.33. The lowest BCUT2D eigenvalue weighted by molar-refractivity contribution is -0.117. The number of carbonyl (C=O) groups excluding carboxylic acids is 1. The Kier molecular flexibility index (Phi) is 4.76. The molecule has 9 nitrogen and oxygen atoms in total. The Morgan fingerprint density at radius 3 is 2.67 bits per heavy atom. The first-order chi connectivity index (χ1) is 14.2. The van der Waals surface area contributed by atoms with Gasteiger partial charge in [-0.15, -0.1) is 0 Å². The second-order valence-electron chi connectivity index (χ2n) is 8.02. The van der Waals surface area contributed by atoms with Crippen LogP contribution < -0.4 is 20.9 Å². The van der Waals surface area contributed by atoms with E-state index in [2.05, 4.69) is 6.92 Å². The van der Waals surface area contributed by atoms with Gasteiger partial charge in [0.25, 0.3) is 5.56 Å². The van der Waals surface area contributed by atoms with Crippen LogP contribution in [0.15, 0.2) is 27.8 Å². The van der Waals surface area contributed by atoms with Crippen molar-refractivity contribution in [3.05, 3.63) is 44.6 Å².